The first-order chi connectivity index (χ1) is 18.0. The quantitative estimate of drug-likeness (QED) is 0.437. The number of halogens is 3. The lowest BCUT2D eigenvalue weighted by molar-refractivity contribution is 0.355. The monoisotopic (exact) mass is 505 g/mol. The molecule has 37 heavy (non-hydrogen) atoms. The summed E-state index contributed by atoms with van der Waals surface area (Å²) in [6, 6.07) is 10.2. The number of nitrogens with one attached hydrogen (secondary N) is 1. The fraction of sp³-hybridized carbons (Fsp3) is 0.296. The number of hydrogen-bond acceptors (Lipinski definition) is 6. The fourth-order valence-corrected chi connectivity index (χ4v) is 5.03. The van der Waals surface area contributed by atoms with Crippen LogP contribution in [0.25, 0.3) is 17.8 Å². The van der Waals surface area contributed by atoms with E-state index in [0.29, 0.717) is 17.2 Å². The molecule has 4 aromatic rings. The van der Waals surface area contributed by atoms with Crippen LogP contribution in [0.5, 0.6) is 0 Å². The van der Waals surface area contributed by atoms with E-state index in [1.807, 2.05) is 24.4 Å². The lowest BCUT2D eigenvalue weighted by Gasteiger charge is -2.29. The predicted molar refractivity (Wildman–Crippen MR) is 137 cm³/mol. The van der Waals surface area contributed by atoms with Gasteiger partial charge in [0.2, 0.25) is 0 Å². The summed E-state index contributed by atoms with van der Waals surface area (Å²) in [5.41, 5.74) is 3.36. The van der Waals surface area contributed by atoms with Gasteiger partial charge in [-0.1, -0.05) is 0 Å². The van der Waals surface area contributed by atoms with Crippen molar-refractivity contribution in [3.63, 3.8) is 0 Å². The molecule has 0 bridgehead atoms. The van der Waals surface area contributed by atoms with Crippen LogP contribution in [0.4, 0.5) is 24.7 Å². The van der Waals surface area contributed by atoms with Gasteiger partial charge in [-0.05, 0) is 54.6 Å². The minimum absolute atomic E-state index is 0.0440. The SMILES string of the molecule is Fc1ccc(F)c([C@H]2C[C@H](F)CN2c2ccc3ncc(/C=C/c4ccc(N5CCNCC5)cn4)n3n2)c1. The van der Waals surface area contributed by atoms with E-state index in [1.54, 1.807) is 27.7 Å². The number of pyridine rings is 1. The molecule has 0 spiro atoms. The molecule has 6 rings (SSSR count). The van der Waals surface area contributed by atoms with Crippen molar-refractivity contribution in [1.29, 1.82) is 0 Å². The van der Waals surface area contributed by atoms with E-state index in [9.17, 15) is 13.2 Å². The number of piperazine rings is 1. The highest BCUT2D eigenvalue weighted by Crippen LogP contribution is 2.38. The first kappa shape index (κ1) is 23.5. The molecular formula is C27H26F3N7. The molecule has 0 saturated carbocycles. The first-order valence-electron chi connectivity index (χ1n) is 12.4. The molecule has 2 fully saturated rings. The van der Waals surface area contributed by atoms with Gasteiger partial charge in [0.15, 0.2) is 5.65 Å². The molecule has 2 aliphatic heterocycles. The van der Waals surface area contributed by atoms with Crippen LogP contribution < -0.4 is 15.1 Å². The van der Waals surface area contributed by atoms with Gasteiger partial charge in [0.1, 0.15) is 23.6 Å². The van der Waals surface area contributed by atoms with E-state index in [-0.39, 0.29) is 18.5 Å². The molecule has 3 aromatic heterocycles. The average molecular weight is 506 g/mol. The summed E-state index contributed by atoms with van der Waals surface area (Å²) in [6.07, 6.45) is 6.22. The number of nitrogens with zero attached hydrogens (tertiary/aromatic N) is 6. The van der Waals surface area contributed by atoms with Crippen molar-refractivity contribution in [2.75, 3.05) is 42.5 Å². The average Bonchev–Trinajstić information content (AvgIpc) is 3.52. The van der Waals surface area contributed by atoms with Gasteiger partial charge in [0.25, 0.3) is 0 Å². The molecule has 5 heterocycles. The number of hydrogen-bond donors (Lipinski definition) is 1. The number of benzene rings is 1. The molecular weight excluding hydrogens is 479 g/mol. The third kappa shape index (κ3) is 4.76. The van der Waals surface area contributed by atoms with Crippen LogP contribution in [0.15, 0.2) is 54.9 Å². The molecule has 2 atom stereocenters. The summed E-state index contributed by atoms with van der Waals surface area (Å²) in [5.74, 6) is -0.653. The molecule has 190 valence electrons. The third-order valence-corrected chi connectivity index (χ3v) is 6.91. The molecule has 1 N–H and O–H groups in total. The Kier molecular flexibility index (Phi) is 6.25. The van der Waals surface area contributed by atoms with Gasteiger partial charge in [-0.3, -0.25) is 4.98 Å². The molecule has 2 aliphatic rings. The Morgan fingerprint density at radius 1 is 0.946 bits per heavy atom. The topological polar surface area (TPSA) is 61.6 Å². The van der Waals surface area contributed by atoms with Crippen molar-refractivity contribution in [3.8, 4) is 0 Å². The van der Waals surface area contributed by atoms with Gasteiger partial charge in [-0.2, -0.15) is 0 Å². The van der Waals surface area contributed by atoms with Gasteiger partial charge in [-0.25, -0.2) is 22.7 Å². The summed E-state index contributed by atoms with van der Waals surface area (Å²) in [6.45, 7) is 3.89. The molecule has 0 radical (unpaired) electrons. The lowest BCUT2D eigenvalue weighted by Crippen LogP contribution is -2.43. The maximum atomic E-state index is 14.5. The smallest absolute Gasteiger partial charge is 0.154 e. The zero-order valence-electron chi connectivity index (χ0n) is 20.1. The molecule has 2 saturated heterocycles. The van der Waals surface area contributed by atoms with Crippen molar-refractivity contribution in [2.45, 2.75) is 18.6 Å². The molecule has 1 aromatic carbocycles. The second-order valence-electron chi connectivity index (χ2n) is 9.32. The number of alkyl halides is 1. The summed E-state index contributed by atoms with van der Waals surface area (Å²) in [4.78, 5) is 13.0. The Balaban J connectivity index is 1.26. The largest absolute Gasteiger partial charge is 0.368 e. The van der Waals surface area contributed by atoms with Crippen molar-refractivity contribution >= 4 is 29.3 Å². The molecule has 0 unspecified atom stereocenters. The Hall–Kier alpha value is -3.92. The highest BCUT2D eigenvalue weighted by atomic mass is 19.1. The second kappa shape index (κ2) is 9.85. The number of fused-ring (bicyclic) bond motifs is 1. The van der Waals surface area contributed by atoms with Gasteiger partial charge < -0.3 is 15.1 Å². The van der Waals surface area contributed by atoms with Crippen LogP contribution in [0.3, 0.4) is 0 Å². The zero-order valence-corrected chi connectivity index (χ0v) is 20.1. The summed E-state index contributed by atoms with van der Waals surface area (Å²) in [5, 5.41) is 8.02. The highest BCUT2D eigenvalue weighted by Gasteiger charge is 2.36. The maximum Gasteiger partial charge on any atom is 0.154 e. The van der Waals surface area contributed by atoms with Crippen LogP contribution in [0.1, 0.15) is 29.4 Å². The minimum atomic E-state index is -1.18. The van der Waals surface area contributed by atoms with E-state index < -0.39 is 23.8 Å². The summed E-state index contributed by atoms with van der Waals surface area (Å²) < 4.78 is 44.5. The number of rotatable bonds is 5. The van der Waals surface area contributed by atoms with E-state index in [1.165, 1.54) is 0 Å². The van der Waals surface area contributed by atoms with Crippen LogP contribution >= 0.6 is 0 Å². The van der Waals surface area contributed by atoms with Gasteiger partial charge >= 0.3 is 0 Å². The molecule has 7 nitrogen and oxygen atoms in total. The van der Waals surface area contributed by atoms with Crippen LogP contribution in [0, 0.1) is 11.6 Å². The Bertz CT molecular complexity index is 1430. The maximum absolute atomic E-state index is 14.5. The fourth-order valence-electron chi connectivity index (χ4n) is 5.03. The third-order valence-electron chi connectivity index (χ3n) is 6.91. The van der Waals surface area contributed by atoms with E-state index in [0.717, 1.165) is 55.8 Å². The number of aromatic nitrogens is 4. The zero-order chi connectivity index (χ0) is 25.4. The normalized spacial score (nSPS) is 20.4. The predicted octanol–water partition coefficient (Wildman–Crippen LogP) is 4.27. The van der Waals surface area contributed by atoms with E-state index in [2.05, 4.69) is 31.3 Å². The minimum Gasteiger partial charge on any atom is -0.368 e. The van der Waals surface area contributed by atoms with Gasteiger partial charge in [0.05, 0.1) is 42.1 Å². The van der Waals surface area contributed by atoms with Crippen molar-refractivity contribution in [2.24, 2.45) is 0 Å². The van der Waals surface area contributed by atoms with E-state index in [4.69, 9.17) is 0 Å². The van der Waals surface area contributed by atoms with Crippen LogP contribution in [-0.2, 0) is 0 Å². The van der Waals surface area contributed by atoms with Crippen molar-refractivity contribution < 1.29 is 13.2 Å². The summed E-state index contributed by atoms with van der Waals surface area (Å²) >= 11 is 0. The first-order valence-corrected chi connectivity index (χ1v) is 12.4. The van der Waals surface area contributed by atoms with Gasteiger partial charge in [-0.15, -0.1) is 5.10 Å². The summed E-state index contributed by atoms with van der Waals surface area (Å²) in [7, 11) is 0. The number of imidazole rings is 1. The Labute approximate surface area is 212 Å². The van der Waals surface area contributed by atoms with E-state index >= 15 is 0 Å². The van der Waals surface area contributed by atoms with Crippen molar-refractivity contribution in [1.82, 2.24) is 24.9 Å². The van der Waals surface area contributed by atoms with Crippen LogP contribution in [-0.4, -0.2) is 58.5 Å². The van der Waals surface area contributed by atoms with Crippen molar-refractivity contribution in [3.05, 3.63) is 83.4 Å². The standard InChI is InChI=1S/C27H26F3N7/c28-18-1-6-24(30)23(13-18)25-14-19(29)17-36(25)27-8-7-26-33-16-22(37(26)34-27)5-3-20-2-4-21(15-32-20)35-11-9-31-10-12-35/h1-8,13,15-16,19,25,31H,9-12,14,17H2/b5-3+/t19-,25+/m0/s1. The molecule has 10 heteroatoms. The Morgan fingerprint density at radius 2 is 1.81 bits per heavy atom. The van der Waals surface area contributed by atoms with Crippen LogP contribution in [0.2, 0.25) is 0 Å². The molecule has 0 aliphatic carbocycles. The lowest BCUT2D eigenvalue weighted by atomic mass is 10.0. The number of anilines is 2. The van der Waals surface area contributed by atoms with Gasteiger partial charge in [0, 0.05) is 38.2 Å². The Morgan fingerprint density at radius 3 is 2.62 bits per heavy atom. The molecule has 0 amide bonds. The second-order valence-corrected chi connectivity index (χ2v) is 9.32. The highest BCUT2D eigenvalue weighted by molar-refractivity contribution is 5.68.